The van der Waals surface area contributed by atoms with Crippen molar-refractivity contribution in [3.05, 3.63) is 45.8 Å². The number of thioether (sulfide) groups is 1. The van der Waals surface area contributed by atoms with Crippen molar-refractivity contribution < 1.29 is 14.3 Å². The van der Waals surface area contributed by atoms with E-state index >= 15 is 0 Å². The lowest BCUT2D eigenvalue weighted by molar-refractivity contribution is -0.113. The highest BCUT2D eigenvalue weighted by Crippen LogP contribution is 2.29. The lowest BCUT2D eigenvalue weighted by Gasteiger charge is -2.06. The summed E-state index contributed by atoms with van der Waals surface area (Å²) in [6.45, 7) is 3.89. The number of thiophene rings is 1. The number of aryl methyl sites for hydroxylation is 1. The number of halogens is 1. The summed E-state index contributed by atoms with van der Waals surface area (Å²) in [6.07, 6.45) is 0. The predicted molar refractivity (Wildman–Crippen MR) is 116 cm³/mol. The largest absolute Gasteiger partial charge is 0.462 e. The number of esters is 1. The Labute approximate surface area is 181 Å². The molecule has 0 spiro atoms. The number of amides is 1. The van der Waals surface area contributed by atoms with Gasteiger partial charge in [0.25, 0.3) is 0 Å². The van der Waals surface area contributed by atoms with E-state index in [1.54, 1.807) is 25.1 Å². The lowest BCUT2D eigenvalue weighted by atomic mass is 10.2. The molecule has 0 unspecified atom stereocenters. The Morgan fingerprint density at radius 3 is 2.69 bits per heavy atom. The summed E-state index contributed by atoms with van der Waals surface area (Å²) in [5.74, 6) is 0.133. The van der Waals surface area contributed by atoms with Gasteiger partial charge in [-0.3, -0.25) is 4.79 Å². The minimum atomic E-state index is -0.444. The summed E-state index contributed by atoms with van der Waals surface area (Å²) >= 11 is 8.53. The molecule has 0 radical (unpaired) electrons. The number of ether oxygens (including phenoxy) is 1. The van der Waals surface area contributed by atoms with Crippen LogP contribution in [0, 0.1) is 6.92 Å². The third-order valence-corrected chi connectivity index (χ3v) is 6.11. The van der Waals surface area contributed by atoms with Crippen molar-refractivity contribution in [1.82, 2.24) is 14.8 Å². The Hall–Kier alpha value is -2.36. The molecular weight excluding hydrogens is 432 g/mol. The van der Waals surface area contributed by atoms with Crippen molar-refractivity contribution in [2.45, 2.75) is 19.0 Å². The molecule has 0 saturated heterocycles. The number of nitrogens with one attached hydrogen (secondary N) is 1. The lowest BCUT2D eigenvalue weighted by Crippen LogP contribution is -2.16. The standard InChI is InChI=1S/C19H19ClN4O3S2/c1-4-27-18(26)14-9-11(2)29-17(14)21-15(25)10-28-19-23-22-16(24(19)3)12-5-7-13(20)8-6-12/h5-9H,4,10H2,1-3H3,(H,21,25). The van der Waals surface area contributed by atoms with Gasteiger partial charge in [0.05, 0.1) is 17.9 Å². The van der Waals surface area contributed by atoms with Crippen LogP contribution in [0.25, 0.3) is 11.4 Å². The smallest absolute Gasteiger partial charge is 0.341 e. The summed E-state index contributed by atoms with van der Waals surface area (Å²) in [6, 6.07) is 9.02. The van der Waals surface area contributed by atoms with Crippen LogP contribution in [-0.4, -0.2) is 39.0 Å². The van der Waals surface area contributed by atoms with Crippen LogP contribution in [0.3, 0.4) is 0 Å². The van der Waals surface area contributed by atoms with E-state index in [9.17, 15) is 9.59 Å². The van der Waals surface area contributed by atoms with Gasteiger partial charge in [-0.25, -0.2) is 4.79 Å². The molecule has 152 valence electrons. The number of aromatic nitrogens is 3. The van der Waals surface area contributed by atoms with Crippen molar-refractivity contribution >= 4 is 51.6 Å². The van der Waals surface area contributed by atoms with Gasteiger partial charge in [0.2, 0.25) is 5.91 Å². The van der Waals surface area contributed by atoms with Crippen LogP contribution >= 0.6 is 34.7 Å². The molecule has 0 aliphatic carbocycles. The minimum absolute atomic E-state index is 0.131. The Morgan fingerprint density at radius 2 is 2.00 bits per heavy atom. The topological polar surface area (TPSA) is 86.1 Å². The van der Waals surface area contributed by atoms with Crippen LogP contribution < -0.4 is 5.32 Å². The van der Waals surface area contributed by atoms with Crippen LogP contribution in [0.5, 0.6) is 0 Å². The zero-order chi connectivity index (χ0) is 21.0. The number of anilines is 1. The summed E-state index contributed by atoms with van der Waals surface area (Å²) in [5.41, 5.74) is 1.25. The first kappa shape index (κ1) is 21.4. The molecule has 2 heterocycles. The molecule has 0 aliphatic heterocycles. The Kier molecular flexibility index (Phi) is 6.94. The monoisotopic (exact) mass is 450 g/mol. The van der Waals surface area contributed by atoms with Crippen LogP contribution in [0.1, 0.15) is 22.2 Å². The average molecular weight is 451 g/mol. The van der Waals surface area contributed by atoms with Gasteiger partial charge >= 0.3 is 5.97 Å². The maximum atomic E-state index is 12.4. The molecule has 3 rings (SSSR count). The molecule has 7 nitrogen and oxygen atoms in total. The molecule has 29 heavy (non-hydrogen) atoms. The van der Waals surface area contributed by atoms with E-state index in [1.807, 2.05) is 30.7 Å². The molecule has 3 aromatic rings. The van der Waals surface area contributed by atoms with Gasteiger partial charge in [0.1, 0.15) is 5.00 Å². The first-order chi connectivity index (χ1) is 13.9. The Morgan fingerprint density at radius 1 is 1.28 bits per heavy atom. The zero-order valence-corrected chi connectivity index (χ0v) is 18.5. The molecule has 0 bridgehead atoms. The van der Waals surface area contributed by atoms with Gasteiger partial charge in [0.15, 0.2) is 11.0 Å². The highest BCUT2D eigenvalue weighted by molar-refractivity contribution is 7.99. The van der Waals surface area contributed by atoms with E-state index in [2.05, 4.69) is 15.5 Å². The first-order valence-electron chi connectivity index (χ1n) is 8.74. The fourth-order valence-corrected chi connectivity index (χ4v) is 4.30. The molecule has 1 amide bonds. The van der Waals surface area contributed by atoms with Gasteiger partial charge in [-0.1, -0.05) is 23.4 Å². The van der Waals surface area contributed by atoms with Crippen LogP contribution in [0.2, 0.25) is 5.02 Å². The van der Waals surface area contributed by atoms with Gasteiger partial charge in [-0.15, -0.1) is 21.5 Å². The molecule has 0 aliphatic rings. The molecule has 1 aromatic carbocycles. The van der Waals surface area contributed by atoms with Crippen molar-refractivity contribution in [3.8, 4) is 11.4 Å². The second-order valence-corrected chi connectivity index (χ2v) is 8.66. The Balaban J connectivity index is 1.65. The highest BCUT2D eigenvalue weighted by Gasteiger charge is 2.19. The normalized spacial score (nSPS) is 10.8. The van der Waals surface area contributed by atoms with Gasteiger partial charge < -0.3 is 14.6 Å². The van der Waals surface area contributed by atoms with E-state index in [4.69, 9.17) is 16.3 Å². The quantitative estimate of drug-likeness (QED) is 0.423. The van der Waals surface area contributed by atoms with E-state index < -0.39 is 5.97 Å². The van der Waals surface area contributed by atoms with Crippen molar-refractivity contribution in [1.29, 1.82) is 0 Å². The molecular formula is C19H19ClN4O3S2. The highest BCUT2D eigenvalue weighted by atomic mass is 35.5. The third-order valence-electron chi connectivity index (χ3n) is 3.87. The summed E-state index contributed by atoms with van der Waals surface area (Å²) in [7, 11) is 1.84. The number of carbonyl (C=O) groups is 2. The Bertz CT molecular complexity index is 1030. The van der Waals surface area contributed by atoms with E-state index in [0.717, 1.165) is 10.4 Å². The van der Waals surface area contributed by atoms with Crippen molar-refractivity contribution in [2.75, 3.05) is 17.7 Å². The van der Waals surface area contributed by atoms with Gasteiger partial charge in [-0.05, 0) is 44.2 Å². The third kappa shape index (κ3) is 5.17. The SMILES string of the molecule is CCOC(=O)c1cc(C)sc1NC(=O)CSc1nnc(-c2ccc(Cl)cc2)n1C. The summed E-state index contributed by atoms with van der Waals surface area (Å²) in [4.78, 5) is 25.4. The molecule has 0 atom stereocenters. The average Bonchev–Trinajstić information content (AvgIpc) is 3.23. The number of hydrogen-bond acceptors (Lipinski definition) is 7. The molecule has 1 N–H and O–H groups in total. The molecule has 0 fully saturated rings. The van der Waals surface area contributed by atoms with Crippen LogP contribution in [-0.2, 0) is 16.6 Å². The van der Waals surface area contributed by atoms with Gasteiger partial charge in [0, 0.05) is 22.5 Å². The summed E-state index contributed by atoms with van der Waals surface area (Å²) < 4.78 is 6.86. The van der Waals surface area contributed by atoms with E-state index in [0.29, 0.717) is 26.6 Å². The zero-order valence-electron chi connectivity index (χ0n) is 16.1. The minimum Gasteiger partial charge on any atom is -0.462 e. The van der Waals surface area contributed by atoms with Crippen molar-refractivity contribution in [2.24, 2.45) is 7.05 Å². The number of rotatable bonds is 7. The molecule has 2 aromatic heterocycles. The number of benzene rings is 1. The summed E-state index contributed by atoms with van der Waals surface area (Å²) in [5, 5.41) is 12.9. The van der Waals surface area contributed by atoms with Crippen LogP contribution in [0.15, 0.2) is 35.5 Å². The molecule has 10 heteroatoms. The van der Waals surface area contributed by atoms with Crippen molar-refractivity contribution in [3.63, 3.8) is 0 Å². The van der Waals surface area contributed by atoms with Crippen LogP contribution in [0.4, 0.5) is 5.00 Å². The number of hydrogen-bond donors (Lipinski definition) is 1. The maximum Gasteiger partial charge on any atom is 0.341 e. The second-order valence-electron chi connectivity index (χ2n) is 6.03. The molecule has 0 saturated carbocycles. The van der Waals surface area contributed by atoms with Gasteiger partial charge in [-0.2, -0.15) is 0 Å². The fraction of sp³-hybridized carbons (Fsp3) is 0.263. The predicted octanol–water partition coefficient (Wildman–Crippen LogP) is 4.41. The number of nitrogens with zero attached hydrogens (tertiary/aromatic N) is 3. The van der Waals surface area contributed by atoms with E-state index in [1.165, 1.54) is 23.1 Å². The number of carbonyl (C=O) groups excluding carboxylic acids is 2. The van der Waals surface area contributed by atoms with E-state index in [-0.39, 0.29) is 18.3 Å². The first-order valence-corrected chi connectivity index (χ1v) is 10.9. The second kappa shape index (κ2) is 9.43. The fourth-order valence-electron chi connectivity index (χ4n) is 2.55. The maximum absolute atomic E-state index is 12.4.